The first-order valence-electron chi connectivity index (χ1n) is 10.8. The standard InChI is InChI=1S/C25H24F3N3O4S/c1-35-21-11-13-22(14-12-21)36(33,34)31(16-15-19-7-3-2-4-8-19)18-24(32)30-29-17-20-9-5-6-10-23(20)25(26,27)28/h2-14,17H,15-16,18H2,1H3,(H,30,32)/b29-17+. The van der Waals surface area contributed by atoms with Crippen LogP contribution in [0.3, 0.4) is 0 Å². The molecule has 1 amide bonds. The van der Waals surface area contributed by atoms with Crippen LogP contribution < -0.4 is 10.2 Å². The van der Waals surface area contributed by atoms with Crippen molar-refractivity contribution in [2.24, 2.45) is 5.10 Å². The Balaban J connectivity index is 1.77. The largest absolute Gasteiger partial charge is 0.497 e. The maximum Gasteiger partial charge on any atom is 0.417 e. The van der Waals surface area contributed by atoms with Crippen molar-refractivity contribution in [2.45, 2.75) is 17.5 Å². The quantitative estimate of drug-likeness (QED) is 0.323. The Morgan fingerprint density at radius 1 is 1.00 bits per heavy atom. The molecule has 11 heteroatoms. The van der Waals surface area contributed by atoms with Crippen molar-refractivity contribution in [2.75, 3.05) is 20.2 Å². The average Bonchev–Trinajstić information content (AvgIpc) is 2.86. The van der Waals surface area contributed by atoms with Gasteiger partial charge in [0.05, 0.1) is 30.3 Å². The number of halogens is 3. The van der Waals surface area contributed by atoms with E-state index in [-0.39, 0.29) is 17.0 Å². The van der Waals surface area contributed by atoms with Crippen molar-refractivity contribution >= 4 is 22.1 Å². The molecule has 7 nitrogen and oxygen atoms in total. The summed E-state index contributed by atoms with van der Waals surface area (Å²) in [7, 11) is -2.63. The van der Waals surface area contributed by atoms with Gasteiger partial charge in [-0.25, -0.2) is 13.8 Å². The first-order chi connectivity index (χ1) is 17.1. The molecule has 0 atom stereocenters. The van der Waals surface area contributed by atoms with Crippen LogP contribution in [0.2, 0.25) is 0 Å². The molecule has 0 saturated carbocycles. The molecule has 0 saturated heterocycles. The van der Waals surface area contributed by atoms with Crippen LogP contribution in [0.5, 0.6) is 5.75 Å². The minimum absolute atomic E-state index is 0.00752. The van der Waals surface area contributed by atoms with Gasteiger partial charge in [-0.2, -0.15) is 22.6 Å². The number of amides is 1. The molecular weight excluding hydrogens is 495 g/mol. The molecule has 1 N–H and O–H groups in total. The summed E-state index contributed by atoms with van der Waals surface area (Å²) in [6.07, 6.45) is -3.38. The minimum Gasteiger partial charge on any atom is -0.497 e. The van der Waals surface area contributed by atoms with Gasteiger partial charge in [0, 0.05) is 12.1 Å². The van der Waals surface area contributed by atoms with Crippen LogP contribution in [-0.4, -0.2) is 45.0 Å². The maximum absolute atomic E-state index is 13.3. The van der Waals surface area contributed by atoms with Gasteiger partial charge in [-0.05, 0) is 42.3 Å². The first-order valence-corrected chi connectivity index (χ1v) is 12.2. The zero-order valence-corrected chi connectivity index (χ0v) is 20.1. The minimum atomic E-state index is -4.59. The molecule has 190 valence electrons. The van der Waals surface area contributed by atoms with Crippen LogP contribution in [0.4, 0.5) is 13.2 Å². The fourth-order valence-corrected chi connectivity index (χ4v) is 4.71. The van der Waals surface area contributed by atoms with Crippen molar-refractivity contribution in [3.05, 3.63) is 95.6 Å². The number of benzene rings is 3. The maximum atomic E-state index is 13.3. The number of sulfonamides is 1. The number of carbonyl (C=O) groups excluding carboxylic acids is 1. The second kappa shape index (κ2) is 11.8. The van der Waals surface area contributed by atoms with Gasteiger partial charge in [-0.3, -0.25) is 4.79 Å². The normalized spacial score (nSPS) is 12.1. The van der Waals surface area contributed by atoms with E-state index in [0.29, 0.717) is 12.2 Å². The highest BCUT2D eigenvalue weighted by Gasteiger charge is 2.32. The lowest BCUT2D eigenvalue weighted by Gasteiger charge is -2.21. The molecule has 0 heterocycles. The Bertz CT molecular complexity index is 1300. The Labute approximate surface area is 207 Å². The summed E-state index contributed by atoms with van der Waals surface area (Å²) < 4.78 is 72.0. The van der Waals surface area contributed by atoms with E-state index in [1.807, 2.05) is 30.3 Å². The number of alkyl halides is 3. The molecule has 0 fully saturated rings. The molecule has 0 aliphatic carbocycles. The number of carbonyl (C=O) groups is 1. The molecule has 0 radical (unpaired) electrons. The molecule has 0 aliphatic rings. The zero-order valence-electron chi connectivity index (χ0n) is 19.3. The molecule has 3 rings (SSSR count). The first kappa shape index (κ1) is 26.9. The molecule has 0 bridgehead atoms. The van der Waals surface area contributed by atoms with Gasteiger partial charge in [0.2, 0.25) is 10.0 Å². The lowest BCUT2D eigenvalue weighted by Crippen LogP contribution is -2.40. The summed E-state index contributed by atoms with van der Waals surface area (Å²) >= 11 is 0. The van der Waals surface area contributed by atoms with Gasteiger partial charge in [-0.1, -0.05) is 48.5 Å². The van der Waals surface area contributed by atoms with E-state index < -0.39 is 34.2 Å². The molecule has 0 aliphatic heterocycles. The van der Waals surface area contributed by atoms with E-state index in [9.17, 15) is 26.4 Å². The Morgan fingerprint density at radius 3 is 2.28 bits per heavy atom. The summed E-state index contributed by atoms with van der Waals surface area (Å²) in [6, 6.07) is 19.6. The van der Waals surface area contributed by atoms with Crippen LogP contribution >= 0.6 is 0 Å². The van der Waals surface area contributed by atoms with Crippen LogP contribution in [0.15, 0.2) is 88.9 Å². The number of hydrazone groups is 1. The molecule has 36 heavy (non-hydrogen) atoms. The molecule has 3 aromatic carbocycles. The van der Waals surface area contributed by atoms with Gasteiger partial charge in [0.25, 0.3) is 5.91 Å². The highest BCUT2D eigenvalue weighted by Crippen LogP contribution is 2.31. The summed E-state index contributed by atoms with van der Waals surface area (Å²) in [5.74, 6) is -0.336. The van der Waals surface area contributed by atoms with Gasteiger partial charge < -0.3 is 4.74 Å². The van der Waals surface area contributed by atoms with Crippen LogP contribution in [0, 0.1) is 0 Å². The highest BCUT2D eigenvalue weighted by atomic mass is 32.2. The average molecular weight is 520 g/mol. The number of nitrogens with one attached hydrogen (secondary N) is 1. The van der Waals surface area contributed by atoms with E-state index in [1.165, 1.54) is 49.6 Å². The molecule has 0 aromatic heterocycles. The smallest absolute Gasteiger partial charge is 0.417 e. The SMILES string of the molecule is COc1ccc(S(=O)(=O)N(CCc2ccccc2)CC(=O)N/N=C/c2ccccc2C(F)(F)F)cc1. The van der Waals surface area contributed by atoms with Crippen molar-refractivity contribution in [3.63, 3.8) is 0 Å². The number of ether oxygens (including phenoxy) is 1. The van der Waals surface area contributed by atoms with Gasteiger partial charge in [0.15, 0.2) is 0 Å². The summed E-state index contributed by atoms with van der Waals surface area (Å²) in [4.78, 5) is 12.5. The third kappa shape index (κ3) is 7.15. The van der Waals surface area contributed by atoms with Crippen LogP contribution in [0.1, 0.15) is 16.7 Å². The molecule has 0 unspecified atom stereocenters. The van der Waals surface area contributed by atoms with Crippen molar-refractivity contribution < 1.29 is 31.1 Å². The topological polar surface area (TPSA) is 88.1 Å². The van der Waals surface area contributed by atoms with E-state index in [1.54, 1.807) is 0 Å². The Hall–Kier alpha value is -3.70. The fourth-order valence-electron chi connectivity index (χ4n) is 3.32. The summed E-state index contributed by atoms with van der Waals surface area (Å²) in [5.41, 5.74) is 1.84. The van der Waals surface area contributed by atoms with E-state index in [2.05, 4.69) is 10.5 Å². The van der Waals surface area contributed by atoms with Crippen LogP contribution in [0.25, 0.3) is 0 Å². The third-order valence-corrected chi connectivity index (χ3v) is 7.03. The van der Waals surface area contributed by atoms with Crippen molar-refractivity contribution in [1.82, 2.24) is 9.73 Å². The summed E-state index contributed by atoms with van der Waals surface area (Å²) in [5, 5.41) is 3.60. The van der Waals surface area contributed by atoms with Gasteiger partial charge >= 0.3 is 6.18 Å². The fraction of sp³-hybridized carbons (Fsp3) is 0.200. The lowest BCUT2D eigenvalue weighted by molar-refractivity contribution is -0.137. The summed E-state index contributed by atoms with van der Waals surface area (Å²) in [6.45, 7) is -0.591. The van der Waals surface area contributed by atoms with Gasteiger partial charge in [-0.15, -0.1) is 0 Å². The lowest BCUT2D eigenvalue weighted by atomic mass is 10.1. The van der Waals surface area contributed by atoms with E-state index in [0.717, 1.165) is 22.1 Å². The number of methoxy groups -OCH3 is 1. The van der Waals surface area contributed by atoms with Gasteiger partial charge in [0.1, 0.15) is 5.75 Å². The highest BCUT2D eigenvalue weighted by molar-refractivity contribution is 7.89. The number of nitrogens with zero attached hydrogens (tertiary/aromatic N) is 2. The predicted octanol–water partition coefficient (Wildman–Crippen LogP) is 4.10. The number of hydrogen-bond acceptors (Lipinski definition) is 5. The molecule has 0 spiro atoms. The van der Waals surface area contributed by atoms with Crippen molar-refractivity contribution in [3.8, 4) is 5.75 Å². The van der Waals surface area contributed by atoms with Crippen LogP contribution in [-0.2, 0) is 27.4 Å². The van der Waals surface area contributed by atoms with E-state index >= 15 is 0 Å². The second-order valence-corrected chi connectivity index (χ2v) is 9.57. The predicted molar refractivity (Wildman–Crippen MR) is 129 cm³/mol. The monoisotopic (exact) mass is 519 g/mol. The van der Waals surface area contributed by atoms with E-state index in [4.69, 9.17) is 4.74 Å². The zero-order chi connectivity index (χ0) is 26.2. The third-order valence-electron chi connectivity index (χ3n) is 5.17. The molecule has 3 aromatic rings. The Kier molecular flexibility index (Phi) is 8.83. The Morgan fingerprint density at radius 2 is 1.64 bits per heavy atom. The number of rotatable bonds is 10. The molecular formula is C25H24F3N3O4S. The number of hydrogen-bond donors (Lipinski definition) is 1. The van der Waals surface area contributed by atoms with Crippen molar-refractivity contribution in [1.29, 1.82) is 0 Å². The second-order valence-electron chi connectivity index (χ2n) is 7.63.